The summed E-state index contributed by atoms with van der Waals surface area (Å²) in [5.74, 6) is 0. The summed E-state index contributed by atoms with van der Waals surface area (Å²) < 4.78 is 4.85. The minimum Gasteiger partial charge on any atom is -0.432 e. The highest BCUT2D eigenvalue weighted by molar-refractivity contribution is 6.72. The quantitative estimate of drug-likeness (QED) is 0.671. The van der Waals surface area contributed by atoms with Crippen molar-refractivity contribution >= 4 is 8.32 Å². The van der Waals surface area contributed by atoms with Crippen LogP contribution in [-0.4, -0.2) is 38.0 Å². The Morgan fingerprint density at radius 1 is 1.36 bits per heavy atom. The van der Waals surface area contributed by atoms with Gasteiger partial charge in [-0.1, -0.05) is 13.8 Å². The molecule has 0 spiro atoms. The van der Waals surface area contributed by atoms with E-state index in [4.69, 9.17) is 4.74 Å². The fourth-order valence-electron chi connectivity index (χ4n) is 1.11. The third-order valence-corrected chi connectivity index (χ3v) is 6.68. The van der Waals surface area contributed by atoms with Crippen molar-refractivity contribution < 1.29 is 14.6 Å². The van der Waals surface area contributed by atoms with Gasteiger partial charge in [0.2, 0.25) is 0 Å². The minimum atomic E-state index is -2.13. The first-order chi connectivity index (χ1) is 6.20. The lowest BCUT2D eigenvalue weighted by atomic mass is 10.0. The van der Waals surface area contributed by atoms with Crippen LogP contribution in [0.3, 0.4) is 0 Å². The van der Waals surface area contributed by atoms with Gasteiger partial charge in [0.25, 0.3) is 0 Å². The van der Waals surface area contributed by atoms with Gasteiger partial charge in [-0.25, -0.2) is 0 Å². The molecular formula is C10H24O3Si. The van der Waals surface area contributed by atoms with Crippen molar-refractivity contribution in [2.24, 2.45) is 0 Å². The van der Waals surface area contributed by atoms with Crippen molar-refractivity contribution in [2.75, 3.05) is 13.7 Å². The zero-order chi connectivity index (χ0) is 11.4. The van der Waals surface area contributed by atoms with Crippen LogP contribution in [0.2, 0.25) is 18.1 Å². The van der Waals surface area contributed by atoms with Crippen LogP contribution in [0, 0.1) is 0 Å². The van der Waals surface area contributed by atoms with Gasteiger partial charge in [-0.05, 0) is 31.0 Å². The van der Waals surface area contributed by atoms with Crippen LogP contribution in [0.15, 0.2) is 0 Å². The van der Waals surface area contributed by atoms with Gasteiger partial charge in [-0.3, -0.25) is 0 Å². The molecule has 0 aliphatic heterocycles. The first-order valence-corrected chi connectivity index (χ1v) is 8.05. The Kier molecular flexibility index (Phi) is 5.29. The predicted octanol–water partition coefficient (Wildman–Crippen LogP) is 1.75. The van der Waals surface area contributed by atoms with Gasteiger partial charge >= 0.3 is 0 Å². The SMILES string of the molecule is COCC(O)CCC(C)(C)[Si](C)(C)O. The molecule has 0 aromatic rings. The molecule has 0 amide bonds. The van der Waals surface area contributed by atoms with Crippen LogP contribution in [0.5, 0.6) is 0 Å². The second kappa shape index (κ2) is 5.26. The third kappa shape index (κ3) is 4.55. The fourth-order valence-corrected chi connectivity index (χ4v) is 1.87. The van der Waals surface area contributed by atoms with Gasteiger partial charge in [-0.15, -0.1) is 0 Å². The molecule has 0 rings (SSSR count). The van der Waals surface area contributed by atoms with Gasteiger partial charge in [0, 0.05) is 7.11 Å². The zero-order valence-corrected chi connectivity index (χ0v) is 11.0. The summed E-state index contributed by atoms with van der Waals surface area (Å²) in [5.41, 5.74) is 0. The van der Waals surface area contributed by atoms with Crippen LogP contribution in [0.25, 0.3) is 0 Å². The van der Waals surface area contributed by atoms with Crippen LogP contribution < -0.4 is 0 Å². The largest absolute Gasteiger partial charge is 0.432 e. The molecule has 0 aromatic heterocycles. The molecule has 86 valence electrons. The Hall–Kier alpha value is 0.0969. The second-order valence-electron chi connectivity index (χ2n) is 5.09. The first-order valence-electron chi connectivity index (χ1n) is 5.10. The Labute approximate surface area is 88.2 Å². The van der Waals surface area contributed by atoms with Crippen molar-refractivity contribution in [1.29, 1.82) is 0 Å². The lowest BCUT2D eigenvalue weighted by molar-refractivity contribution is 0.0558. The molecule has 0 bridgehead atoms. The molecule has 0 saturated carbocycles. The van der Waals surface area contributed by atoms with Crippen molar-refractivity contribution in [3.05, 3.63) is 0 Å². The summed E-state index contributed by atoms with van der Waals surface area (Å²) in [4.78, 5) is 10.0. The summed E-state index contributed by atoms with van der Waals surface area (Å²) in [5, 5.41) is 9.43. The molecule has 1 atom stereocenters. The maximum absolute atomic E-state index is 10.0. The van der Waals surface area contributed by atoms with Gasteiger partial charge in [0.05, 0.1) is 12.7 Å². The number of rotatable bonds is 6. The standard InChI is InChI=1S/C10H24O3Si/c1-10(2,14(4,5)12)7-6-9(11)8-13-3/h9,11-12H,6-8H2,1-5H3. The lowest BCUT2D eigenvalue weighted by Gasteiger charge is -2.35. The number of hydrogen-bond acceptors (Lipinski definition) is 3. The van der Waals surface area contributed by atoms with Gasteiger partial charge in [-0.2, -0.15) is 0 Å². The van der Waals surface area contributed by atoms with Crippen LogP contribution in [0.1, 0.15) is 26.7 Å². The summed E-state index contributed by atoms with van der Waals surface area (Å²) in [6.07, 6.45) is 1.13. The number of methoxy groups -OCH3 is 1. The zero-order valence-electron chi connectivity index (χ0n) is 10.0. The maximum atomic E-state index is 10.0. The van der Waals surface area contributed by atoms with E-state index in [1.165, 1.54) is 0 Å². The highest BCUT2D eigenvalue weighted by Crippen LogP contribution is 2.39. The van der Waals surface area contributed by atoms with Crippen molar-refractivity contribution in [3.8, 4) is 0 Å². The predicted molar refractivity (Wildman–Crippen MR) is 60.9 cm³/mol. The van der Waals surface area contributed by atoms with Gasteiger partial charge < -0.3 is 14.6 Å². The molecular weight excluding hydrogens is 196 g/mol. The van der Waals surface area contributed by atoms with Crippen molar-refractivity contribution in [2.45, 2.75) is 50.9 Å². The van der Waals surface area contributed by atoms with Crippen LogP contribution in [0.4, 0.5) is 0 Å². The molecule has 0 radical (unpaired) electrons. The van der Waals surface area contributed by atoms with E-state index in [0.717, 1.165) is 6.42 Å². The maximum Gasteiger partial charge on any atom is 0.188 e. The van der Waals surface area contributed by atoms with E-state index in [2.05, 4.69) is 13.8 Å². The van der Waals surface area contributed by atoms with Crippen molar-refractivity contribution in [3.63, 3.8) is 0 Å². The molecule has 0 fully saturated rings. The summed E-state index contributed by atoms with van der Waals surface area (Å²) in [6, 6.07) is 0. The van der Waals surface area contributed by atoms with Crippen LogP contribution >= 0.6 is 0 Å². The van der Waals surface area contributed by atoms with Crippen molar-refractivity contribution in [1.82, 2.24) is 0 Å². The molecule has 0 saturated heterocycles. The van der Waals surface area contributed by atoms with E-state index >= 15 is 0 Å². The van der Waals surface area contributed by atoms with E-state index in [-0.39, 0.29) is 5.04 Å². The average Bonchev–Trinajstić information content (AvgIpc) is 1.99. The number of ether oxygens (including phenoxy) is 1. The van der Waals surface area contributed by atoms with Gasteiger partial charge in [0.15, 0.2) is 8.32 Å². The Bertz CT molecular complexity index is 163. The summed E-state index contributed by atoms with van der Waals surface area (Å²) in [7, 11) is -0.544. The molecule has 3 nitrogen and oxygen atoms in total. The summed E-state index contributed by atoms with van der Waals surface area (Å²) >= 11 is 0. The molecule has 0 heterocycles. The third-order valence-electron chi connectivity index (χ3n) is 3.12. The lowest BCUT2D eigenvalue weighted by Crippen LogP contribution is -2.39. The molecule has 14 heavy (non-hydrogen) atoms. The highest BCUT2D eigenvalue weighted by Gasteiger charge is 2.37. The molecule has 2 N–H and O–H groups in total. The fraction of sp³-hybridized carbons (Fsp3) is 1.00. The smallest absolute Gasteiger partial charge is 0.188 e. The van der Waals surface area contributed by atoms with Gasteiger partial charge in [0.1, 0.15) is 0 Å². The van der Waals surface area contributed by atoms with Crippen LogP contribution in [-0.2, 0) is 4.74 Å². The molecule has 0 aliphatic carbocycles. The van der Waals surface area contributed by atoms with E-state index in [1.54, 1.807) is 7.11 Å². The van der Waals surface area contributed by atoms with E-state index < -0.39 is 14.4 Å². The average molecular weight is 220 g/mol. The number of hydrogen-bond donors (Lipinski definition) is 2. The molecule has 4 heteroatoms. The Morgan fingerprint density at radius 2 is 1.86 bits per heavy atom. The normalized spacial score (nSPS) is 15.6. The molecule has 0 aliphatic rings. The van der Waals surface area contributed by atoms with E-state index in [1.807, 2.05) is 13.1 Å². The molecule has 0 aromatic carbocycles. The summed E-state index contributed by atoms with van der Waals surface area (Å²) in [6.45, 7) is 8.40. The molecule has 1 unspecified atom stereocenters. The van der Waals surface area contributed by atoms with E-state index in [9.17, 15) is 9.90 Å². The minimum absolute atomic E-state index is 0.0538. The number of aliphatic hydroxyl groups excluding tert-OH is 1. The first kappa shape index (κ1) is 14.1. The Balaban J connectivity index is 3.99. The monoisotopic (exact) mass is 220 g/mol. The second-order valence-corrected chi connectivity index (χ2v) is 9.56. The van der Waals surface area contributed by atoms with E-state index in [0.29, 0.717) is 13.0 Å². The Morgan fingerprint density at radius 3 is 2.21 bits per heavy atom. The highest BCUT2D eigenvalue weighted by atomic mass is 28.4. The topological polar surface area (TPSA) is 49.7 Å². The number of aliphatic hydroxyl groups is 1.